The van der Waals surface area contributed by atoms with Crippen LogP contribution in [0.15, 0.2) is 30.3 Å². The quantitative estimate of drug-likeness (QED) is 0.137. The van der Waals surface area contributed by atoms with Crippen LogP contribution in [0.1, 0.15) is 0 Å². The molecular weight excluding hydrogens is 498 g/mol. The Morgan fingerprint density at radius 2 is 0.684 bits per heavy atom. The Kier molecular flexibility index (Phi) is 27.5. The molecule has 0 aliphatic heterocycles. The summed E-state index contributed by atoms with van der Waals surface area (Å²) in [6.07, 6.45) is 0. The fourth-order valence-electron chi connectivity index (χ4n) is 2.77. The molecule has 0 unspecified atom stereocenters. The molecule has 0 atom stereocenters. The number of benzene rings is 1. The normalized spacial score (nSPS) is 11.3. The highest BCUT2D eigenvalue weighted by atomic mass is 16.6. The number of para-hydroxylation sites is 1. The number of rotatable bonds is 31. The molecule has 1 rings (SSSR count). The van der Waals surface area contributed by atoms with Crippen LogP contribution < -0.4 is 10.1 Å². The minimum atomic E-state index is 0.521. The van der Waals surface area contributed by atoms with Crippen LogP contribution in [0.25, 0.3) is 0 Å². The van der Waals surface area contributed by atoms with E-state index in [0.29, 0.717) is 126 Å². The first-order valence-electron chi connectivity index (χ1n) is 13.5. The monoisotopic (exact) mass is 547 g/mol. The topological polar surface area (TPSA) is 104 Å². The summed E-state index contributed by atoms with van der Waals surface area (Å²) in [6.45, 7) is 11.2. The van der Waals surface area contributed by atoms with Gasteiger partial charge in [0.15, 0.2) is 0 Å². The van der Waals surface area contributed by atoms with Crippen LogP contribution in [0.2, 0.25) is 0 Å². The number of likely N-dealkylation sites (N-methyl/N-ethyl adjacent to an activating group) is 1. The summed E-state index contributed by atoms with van der Waals surface area (Å²) in [7, 11) is 1.90. The average Bonchev–Trinajstić information content (AvgIpc) is 2.94. The number of ether oxygens (including phenoxy) is 10. The van der Waals surface area contributed by atoms with Gasteiger partial charge in [-0.25, -0.2) is 0 Å². The zero-order valence-corrected chi connectivity index (χ0v) is 23.1. The predicted octanol–water partition coefficient (Wildman–Crippen LogP) is 1.43. The summed E-state index contributed by atoms with van der Waals surface area (Å²) in [4.78, 5) is 0. The lowest BCUT2D eigenvalue weighted by Gasteiger charge is -2.09. The van der Waals surface area contributed by atoms with Gasteiger partial charge in [0, 0.05) is 6.54 Å². The molecule has 0 bridgehead atoms. The van der Waals surface area contributed by atoms with Crippen LogP contribution in [-0.4, -0.2) is 139 Å². The fraction of sp³-hybridized carbons (Fsp3) is 0.778. The highest BCUT2D eigenvalue weighted by Crippen LogP contribution is 2.07. The lowest BCUT2D eigenvalue weighted by atomic mass is 10.3. The van der Waals surface area contributed by atoms with Crippen LogP contribution >= 0.6 is 0 Å². The van der Waals surface area contributed by atoms with E-state index >= 15 is 0 Å². The van der Waals surface area contributed by atoms with Gasteiger partial charge in [-0.3, -0.25) is 0 Å². The van der Waals surface area contributed by atoms with Gasteiger partial charge in [-0.05, 0) is 19.2 Å². The maximum absolute atomic E-state index is 5.55. The van der Waals surface area contributed by atoms with Crippen LogP contribution in [0.4, 0.5) is 0 Å². The van der Waals surface area contributed by atoms with E-state index < -0.39 is 0 Å². The second-order valence-electron chi connectivity index (χ2n) is 7.78. The van der Waals surface area contributed by atoms with E-state index in [2.05, 4.69) is 5.32 Å². The van der Waals surface area contributed by atoms with E-state index in [1.165, 1.54) is 0 Å². The molecule has 0 saturated carbocycles. The van der Waals surface area contributed by atoms with Crippen molar-refractivity contribution in [2.24, 2.45) is 0 Å². The third-order valence-electron chi connectivity index (χ3n) is 4.71. The Morgan fingerprint density at radius 3 is 1.00 bits per heavy atom. The summed E-state index contributed by atoms with van der Waals surface area (Å²) >= 11 is 0. The maximum Gasteiger partial charge on any atom is 0.119 e. The second kappa shape index (κ2) is 30.2. The van der Waals surface area contributed by atoms with Gasteiger partial charge in [0.25, 0.3) is 0 Å². The first-order chi connectivity index (χ1) is 18.9. The van der Waals surface area contributed by atoms with Crippen molar-refractivity contribution in [2.75, 3.05) is 139 Å². The molecule has 0 aliphatic rings. The van der Waals surface area contributed by atoms with Crippen molar-refractivity contribution in [3.05, 3.63) is 30.3 Å². The Bertz CT molecular complexity index is 570. The molecule has 1 N–H and O–H groups in total. The second-order valence-corrected chi connectivity index (χ2v) is 7.78. The van der Waals surface area contributed by atoms with E-state index in [1.807, 2.05) is 37.4 Å². The van der Waals surface area contributed by atoms with Crippen molar-refractivity contribution in [2.45, 2.75) is 0 Å². The molecule has 0 radical (unpaired) electrons. The maximum atomic E-state index is 5.55. The van der Waals surface area contributed by atoms with Crippen molar-refractivity contribution < 1.29 is 47.4 Å². The summed E-state index contributed by atoms with van der Waals surface area (Å²) in [5.41, 5.74) is 0. The average molecular weight is 548 g/mol. The minimum Gasteiger partial charge on any atom is -0.491 e. The number of hydrogen-bond acceptors (Lipinski definition) is 11. The molecular formula is C27H49NO10. The molecule has 11 heteroatoms. The van der Waals surface area contributed by atoms with Crippen molar-refractivity contribution in [3.8, 4) is 5.75 Å². The minimum absolute atomic E-state index is 0.521. The van der Waals surface area contributed by atoms with Crippen LogP contribution in [0, 0.1) is 0 Å². The third-order valence-corrected chi connectivity index (χ3v) is 4.71. The van der Waals surface area contributed by atoms with Crippen LogP contribution in [0.3, 0.4) is 0 Å². The molecule has 0 saturated heterocycles. The predicted molar refractivity (Wildman–Crippen MR) is 143 cm³/mol. The fourth-order valence-corrected chi connectivity index (χ4v) is 2.77. The molecule has 1 aromatic carbocycles. The lowest BCUT2D eigenvalue weighted by molar-refractivity contribution is -0.0253. The van der Waals surface area contributed by atoms with E-state index in [0.717, 1.165) is 12.3 Å². The Hall–Kier alpha value is -1.38. The van der Waals surface area contributed by atoms with Gasteiger partial charge in [-0.1, -0.05) is 18.2 Å². The first kappa shape index (κ1) is 34.6. The Morgan fingerprint density at radius 1 is 0.395 bits per heavy atom. The van der Waals surface area contributed by atoms with E-state index in [-0.39, 0.29) is 0 Å². The first-order valence-corrected chi connectivity index (χ1v) is 13.5. The van der Waals surface area contributed by atoms with Gasteiger partial charge in [0.05, 0.1) is 119 Å². The zero-order valence-electron chi connectivity index (χ0n) is 23.1. The Balaban J connectivity index is 1.62. The summed E-state index contributed by atoms with van der Waals surface area (Å²) in [5.74, 6) is 0.847. The highest BCUT2D eigenvalue weighted by molar-refractivity contribution is 5.20. The number of nitrogens with one attached hydrogen (secondary N) is 1. The molecule has 0 amide bonds. The lowest BCUT2D eigenvalue weighted by Crippen LogP contribution is -2.17. The highest BCUT2D eigenvalue weighted by Gasteiger charge is 1.96. The smallest absolute Gasteiger partial charge is 0.119 e. The Labute approximate surface area is 228 Å². The molecule has 38 heavy (non-hydrogen) atoms. The zero-order chi connectivity index (χ0) is 27.0. The standard InChI is InChI=1S/C27H49NO10/c1-28-7-8-29-9-10-30-11-12-31-13-14-32-15-16-33-17-18-34-19-20-35-21-22-36-23-24-37-25-26-38-27-5-3-2-4-6-27/h2-6,28H,7-26H2,1H3. The van der Waals surface area contributed by atoms with Crippen molar-refractivity contribution in [1.82, 2.24) is 5.32 Å². The third kappa shape index (κ3) is 26.2. The molecule has 0 heterocycles. The van der Waals surface area contributed by atoms with Gasteiger partial charge in [-0.15, -0.1) is 0 Å². The van der Waals surface area contributed by atoms with Gasteiger partial charge >= 0.3 is 0 Å². The molecule has 0 spiro atoms. The number of hydrogen-bond donors (Lipinski definition) is 1. The van der Waals surface area contributed by atoms with Crippen molar-refractivity contribution in [1.29, 1.82) is 0 Å². The molecule has 11 nitrogen and oxygen atoms in total. The van der Waals surface area contributed by atoms with E-state index in [4.69, 9.17) is 47.4 Å². The largest absolute Gasteiger partial charge is 0.491 e. The molecule has 1 aromatic rings. The SMILES string of the molecule is CNCCOCCOCCOCCOCCOCCOCCOCCOCCOCCOc1ccccc1. The van der Waals surface area contributed by atoms with Gasteiger partial charge in [0.1, 0.15) is 12.4 Å². The van der Waals surface area contributed by atoms with Crippen molar-refractivity contribution >= 4 is 0 Å². The van der Waals surface area contributed by atoms with E-state index in [9.17, 15) is 0 Å². The molecule has 222 valence electrons. The molecule has 0 fully saturated rings. The summed E-state index contributed by atoms with van der Waals surface area (Å²) < 4.78 is 54.5. The summed E-state index contributed by atoms with van der Waals surface area (Å²) in [6, 6.07) is 9.68. The van der Waals surface area contributed by atoms with E-state index in [1.54, 1.807) is 0 Å². The van der Waals surface area contributed by atoms with Gasteiger partial charge < -0.3 is 52.7 Å². The summed E-state index contributed by atoms with van der Waals surface area (Å²) in [5, 5.41) is 3.02. The van der Waals surface area contributed by atoms with Crippen LogP contribution in [0.5, 0.6) is 5.75 Å². The van der Waals surface area contributed by atoms with Gasteiger partial charge in [-0.2, -0.15) is 0 Å². The van der Waals surface area contributed by atoms with Crippen LogP contribution in [-0.2, 0) is 42.6 Å². The molecule has 0 aliphatic carbocycles. The van der Waals surface area contributed by atoms with Crippen molar-refractivity contribution in [3.63, 3.8) is 0 Å². The van der Waals surface area contributed by atoms with Gasteiger partial charge in [0.2, 0.25) is 0 Å². The molecule has 0 aromatic heterocycles.